The van der Waals surface area contributed by atoms with Gasteiger partial charge in [-0.1, -0.05) is 13.0 Å². The Bertz CT molecular complexity index is 699. The monoisotopic (exact) mass is 368 g/mol. The first kappa shape index (κ1) is 18.8. The Hall–Kier alpha value is -0.980. The molecule has 0 radical (unpaired) electrons. The third kappa shape index (κ3) is 4.41. The minimum atomic E-state index is -3.59. The van der Waals surface area contributed by atoms with Gasteiger partial charge in [0.2, 0.25) is 10.0 Å². The predicted octanol–water partition coefficient (Wildman–Crippen LogP) is 3.27. The summed E-state index contributed by atoms with van der Waals surface area (Å²) in [6.45, 7) is 8.43. The van der Waals surface area contributed by atoms with Crippen molar-refractivity contribution in [2.45, 2.75) is 44.4 Å². The van der Waals surface area contributed by atoms with E-state index in [-0.39, 0.29) is 4.90 Å². The zero-order valence-corrected chi connectivity index (χ0v) is 16.1. The van der Waals surface area contributed by atoms with Crippen molar-refractivity contribution in [1.82, 2.24) is 9.21 Å². The minimum Gasteiger partial charge on any atom is -0.303 e. The molecular formula is C19H29FN2O2S. The molecule has 6 heteroatoms. The van der Waals surface area contributed by atoms with Crippen molar-refractivity contribution in [2.24, 2.45) is 11.8 Å². The van der Waals surface area contributed by atoms with E-state index in [1.54, 1.807) is 6.92 Å². The van der Waals surface area contributed by atoms with Crippen LogP contribution in [0.1, 0.15) is 38.2 Å². The Balaban J connectivity index is 1.58. The summed E-state index contributed by atoms with van der Waals surface area (Å²) in [7, 11) is -3.59. The second-order valence-electron chi connectivity index (χ2n) is 7.77. The van der Waals surface area contributed by atoms with E-state index in [2.05, 4.69) is 11.8 Å². The van der Waals surface area contributed by atoms with Gasteiger partial charge in [-0.25, -0.2) is 12.8 Å². The summed E-state index contributed by atoms with van der Waals surface area (Å²) < 4.78 is 40.7. The second kappa shape index (κ2) is 7.72. The molecule has 140 valence electrons. The molecule has 0 unspecified atom stereocenters. The number of hydrogen-bond acceptors (Lipinski definition) is 3. The zero-order chi connectivity index (χ0) is 18.0. The van der Waals surface area contributed by atoms with E-state index in [1.807, 2.05) is 0 Å². The molecule has 1 atom stereocenters. The first-order chi connectivity index (χ1) is 11.9. The van der Waals surface area contributed by atoms with Crippen LogP contribution in [0.3, 0.4) is 0 Å². The third-order valence-electron chi connectivity index (χ3n) is 5.61. The minimum absolute atomic E-state index is 0.0684. The largest absolute Gasteiger partial charge is 0.303 e. The highest BCUT2D eigenvalue weighted by Gasteiger charge is 2.31. The molecule has 0 bridgehead atoms. The number of halogens is 1. The van der Waals surface area contributed by atoms with Gasteiger partial charge >= 0.3 is 0 Å². The van der Waals surface area contributed by atoms with Crippen LogP contribution in [0.5, 0.6) is 0 Å². The van der Waals surface area contributed by atoms with Crippen LogP contribution in [-0.4, -0.2) is 50.3 Å². The van der Waals surface area contributed by atoms with Crippen molar-refractivity contribution in [3.05, 3.63) is 29.6 Å². The van der Waals surface area contributed by atoms with E-state index in [9.17, 15) is 12.8 Å². The van der Waals surface area contributed by atoms with Gasteiger partial charge in [-0.15, -0.1) is 0 Å². The molecule has 2 aliphatic heterocycles. The Morgan fingerprint density at radius 2 is 1.88 bits per heavy atom. The Kier molecular flexibility index (Phi) is 5.81. The van der Waals surface area contributed by atoms with Crippen LogP contribution in [0.4, 0.5) is 4.39 Å². The predicted molar refractivity (Wildman–Crippen MR) is 97.5 cm³/mol. The van der Waals surface area contributed by atoms with Crippen molar-refractivity contribution in [1.29, 1.82) is 0 Å². The molecule has 0 spiro atoms. The summed E-state index contributed by atoms with van der Waals surface area (Å²) in [4.78, 5) is 2.61. The van der Waals surface area contributed by atoms with Crippen molar-refractivity contribution in [3.8, 4) is 0 Å². The van der Waals surface area contributed by atoms with Gasteiger partial charge in [0.05, 0.1) is 4.90 Å². The fraction of sp³-hybridized carbons (Fsp3) is 0.684. The summed E-state index contributed by atoms with van der Waals surface area (Å²) >= 11 is 0. The SMILES string of the molecule is Cc1ccc(S(=O)(=O)N2CCC(CN3CCC[C@@H](C)C3)CC2)cc1F. The first-order valence-electron chi connectivity index (χ1n) is 9.35. The Morgan fingerprint density at radius 3 is 2.52 bits per heavy atom. The van der Waals surface area contributed by atoms with Gasteiger partial charge in [0, 0.05) is 26.2 Å². The second-order valence-corrected chi connectivity index (χ2v) is 9.70. The molecule has 1 aromatic rings. The highest BCUT2D eigenvalue weighted by atomic mass is 32.2. The lowest BCUT2D eigenvalue weighted by molar-refractivity contribution is 0.136. The van der Waals surface area contributed by atoms with Gasteiger partial charge in [-0.05, 0) is 68.7 Å². The smallest absolute Gasteiger partial charge is 0.243 e. The van der Waals surface area contributed by atoms with Crippen LogP contribution in [0.15, 0.2) is 23.1 Å². The van der Waals surface area contributed by atoms with Crippen molar-refractivity contribution in [3.63, 3.8) is 0 Å². The molecule has 4 nitrogen and oxygen atoms in total. The molecule has 1 aromatic carbocycles. The summed E-state index contributed by atoms with van der Waals surface area (Å²) in [5.41, 5.74) is 0.466. The fourth-order valence-electron chi connectivity index (χ4n) is 4.03. The van der Waals surface area contributed by atoms with Crippen LogP contribution in [0, 0.1) is 24.6 Å². The maximum atomic E-state index is 13.7. The van der Waals surface area contributed by atoms with Crippen molar-refractivity contribution < 1.29 is 12.8 Å². The molecule has 0 aromatic heterocycles. The number of nitrogens with zero attached hydrogens (tertiary/aromatic N) is 2. The quantitative estimate of drug-likeness (QED) is 0.819. The highest BCUT2D eigenvalue weighted by Crippen LogP contribution is 2.26. The Morgan fingerprint density at radius 1 is 1.16 bits per heavy atom. The van der Waals surface area contributed by atoms with E-state index in [4.69, 9.17) is 0 Å². The molecule has 25 heavy (non-hydrogen) atoms. The average molecular weight is 369 g/mol. The highest BCUT2D eigenvalue weighted by molar-refractivity contribution is 7.89. The van der Waals surface area contributed by atoms with Gasteiger partial charge in [0.15, 0.2) is 0 Å². The summed E-state index contributed by atoms with van der Waals surface area (Å²) in [5, 5.41) is 0. The number of rotatable bonds is 4. The molecule has 0 N–H and O–H groups in total. The molecule has 2 fully saturated rings. The maximum absolute atomic E-state index is 13.7. The topological polar surface area (TPSA) is 40.6 Å². The lowest BCUT2D eigenvalue weighted by Gasteiger charge is -2.37. The lowest BCUT2D eigenvalue weighted by Crippen LogP contribution is -2.43. The number of sulfonamides is 1. The van der Waals surface area contributed by atoms with Gasteiger partial charge < -0.3 is 4.90 Å². The summed E-state index contributed by atoms with van der Waals surface area (Å²) in [5.74, 6) is 0.868. The summed E-state index contributed by atoms with van der Waals surface area (Å²) in [6, 6.07) is 4.19. The molecule has 0 saturated carbocycles. The fourth-order valence-corrected chi connectivity index (χ4v) is 5.52. The van der Waals surface area contributed by atoms with Crippen LogP contribution in [0.2, 0.25) is 0 Å². The number of hydrogen-bond donors (Lipinski definition) is 0. The first-order valence-corrected chi connectivity index (χ1v) is 10.8. The van der Waals surface area contributed by atoms with Gasteiger partial charge in [-0.2, -0.15) is 4.31 Å². The standard InChI is InChI=1S/C19H29FN2O2S/c1-15-4-3-9-21(13-15)14-17-7-10-22(11-8-17)25(23,24)18-6-5-16(2)19(20)12-18/h5-6,12,15,17H,3-4,7-11,13-14H2,1-2H3/t15-/m1/s1. The van der Waals surface area contributed by atoms with Crippen LogP contribution >= 0.6 is 0 Å². The van der Waals surface area contributed by atoms with E-state index in [0.717, 1.165) is 31.4 Å². The van der Waals surface area contributed by atoms with E-state index < -0.39 is 15.8 Å². The molecular weight excluding hydrogens is 339 g/mol. The zero-order valence-electron chi connectivity index (χ0n) is 15.2. The molecule has 3 rings (SSSR count). The number of piperidine rings is 2. The summed E-state index contributed by atoms with van der Waals surface area (Å²) in [6.07, 6.45) is 4.37. The van der Waals surface area contributed by atoms with Gasteiger partial charge in [0.25, 0.3) is 0 Å². The van der Waals surface area contributed by atoms with Gasteiger partial charge in [0.1, 0.15) is 5.82 Å². The van der Waals surface area contributed by atoms with Crippen LogP contribution < -0.4 is 0 Å². The van der Waals surface area contributed by atoms with E-state index >= 15 is 0 Å². The van der Waals surface area contributed by atoms with Gasteiger partial charge in [-0.3, -0.25) is 0 Å². The molecule has 2 heterocycles. The number of aryl methyl sites for hydroxylation is 1. The van der Waals surface area contributed by atoms with Crippen molar-refractivity contribution in [2.75, 3.05) is 32.7 Å². The maximum Gasteiger partial charge on any atom is 0.243 e. The lowest BCUT2D eigenvalue weighted by atomic mass is 9.94. The molecule has 2 saturated heterocycles. The number of benzene rings is 1. The van der Waals surface area contributed by atoms with E-state index in [0.29, 0.717) is 24.6 Å². The van der Waals surface area contributed by atoms with Crippen molar-refractivity contribution >= 4 is 10.0 Å². The normalized spacial score (nSPS) is 24.5. The van der Waals surface area contributed by atoms with E-state index in [1.165, 1.54) is 42.4 Å². The Labute approximate surface area is 151 Å². The number of likely N-dealkylation sites (tertiary alicyclic amines) is 1. The molecule has 0 amide bonds. The third-order valence-corrected chi connectivity index (χ3v) is 7.51. The molecule has 0 aliphatic carbocycles. The van der Waals surface area contributed by atoms with Crippen LogP contribution in [-0.2, 0) is 10.0 Å². The van der Waals surface area contributed by atoms with Crippen LogP contribution in [0.25, 0.3) is 0 Å². The average Bonchev–Trinajstić information content (AvgIpc) is 2.58. The molecule has 2 aliphatic rings.